The second-order valence-corrected chi connectivity index (χ2v) is 4.84. The molecule has 3 rings (SSSR count). The zero-order valence-electron chi connectivity index (χ0n) is 12.1. The zero-order chi connectivity index (χ0) is 15.5. The SMILES string of the molecule is C#Cc1nc2ccccc2c(=O)n1Cc1cccc(OC)c1. The summed E-state index contributed by atoms with van der Waals surface area (Å²) >= 11 is 0. The van der Waals surface area contributed by atoms with Gasteiger partial charge >= 0.3 is 0 Å². The highest BCUT2D eigenvalue weighted by molar-refractivity contribution is 5.77. The molecule has 0 amide bonds. The molecule has 0 aliphatic heterocycles. The van der Waals surface area contributed by atoms with Gasteiger partial charge in [-0.15, -0.1) is 6.42 Å². The molecular weight excluding hydrogens is 276 g/mol. The fourth-order valence-electron chi connectivity index (χ4n) is 2.38. The third-order valence-corrected chi connectivity index (χ3v) is 3.47. The Hall–Kier alpha value is -3.06. The minimum absolute atomic E-state index is 0.138. The molecule has 0 atom stereocenters. The van der Waals surface area contributed by atoms with Gasteiger partial charge in [0, 0.05) is 0 Å². The number of terminal acetylenes is 1. The molecule has 2 aromatic carbocycles. The summed E-state index contributed by atoms with van der Waals surface area (Å²) in [7, 11) is 1.61. The number of benzene rings is 2. The number of para-hydroxylation sites is 1. The number of ether oxygens (including phenoxy) is 1. The molecule has 0 N–H and O–H groups in total. The molecule has 1 aromatic heterocycles. The van der Waals surface area contributed by atoms with Crippen molar-refractivity contribution in [2.45, 2.75) is 6.54 Å². The maximum atomic E-state index is 12.7. The lowest BCUT2D eigenvalue weighted by Gasteiger charge is -2.11. The van der Waals surface area contributed by atoms with Crippen molar-refractivity contribution in [2.75, 3.05) is 7.11 Å². The molecule has 0 fully saturated rings. The van der Waals surface area contributed by atoms with Crippen molar-refractivity contribution in [3.8, 4) is 18.1 Å². The van der Waals surface area contributed by atoms with Crippen molar-refractivity contribution in [2.24, 2.45) is 0 Å². The van der Waals surface area contributed by atoms with Gasteiger partial charge in [0.1, 0.15) is 5.75 Å². The molecule has 22 heavy (non-hydrogen) atoms. The van der Waals surface area contributed by atoms with Crippen LogP contribution in [0, 0.1) is 12.3 Å². The summed E-state index contributed by atoms with van der Waals surface area (Å²) in [6.45, 7) is 0.355. The average molecular weight is 290 g/mol. The van der Waals surface area contributed by atoms with E-state index in [0.717, 1.165) is 11.3 Å². The molecule has 4 nitrogen and oxygen atoms in total. The molecule has 0 spiro atoms. The fourth-order valence-corrected chi connectivity index (χ4v) is 2.38. The van der Waals surface area contributed by atoms with Crippen molar-refractivity contribution in [1.82, 2.24) is 9.55 Å². The number of nitrogens with zero attached hydrogens (tertiary/aromatic N) is 2. The molecule has 0 aliphatic carbocycles. The first-order chi connectivity index (χ1) is 10.7. The Morgan fingerprint density at radius 2 is 2.05 bits per heavy atom. The van der Waals surface area contributed by atoms with E-state index in [9.17, 15) is 4.79 Å². The Balaban J connectivity index is 2.15. The molecule has 0 saturated carbocycles. The van der Waals surface area contributed by atoms with Gasteiger partial charge < -0.3 is 4.74 Å². The Kier molecular flexibility index (Phi) is 3.63. The summed E-state index contributed by atoms with van der Waals surface area (Å²) in [5, 5.41) is 0.560. The maximum absolute atomic E-state index is 12.7. The second-order valence-electron chi connectivity index (χ2n) is 4.84. The molecular formula is C18H14N2O2. The average Bonchev–Trinajstić information content (AvgIpc) is 2.57. The number of fused-ring (bicyclic) bond motifs is 1. The van der Waals surface area contributed by atoms with Crippen LogP contribution in [0.15, 0.2) is 53.3 Å². The predicted octanol–water partition coefficient (Wildman–Crippen LogP) is 2.43. The Morgan fingerprint density at radius 1 is 1.23 bits per heavy atom. The first-order valence-electron chi connectivity index (χ1n) is 6.82. The van der Waals surface area contributed by atoms with Crippen molar-refractivity contribution in [3.63, 3.8) is 0 Å². The molecule has 0 bridgehead atoms. The topological polar surface area (TPSA) is 44.1 Å². The van der Waals surface area contributed by atoms with Gasteiger partial charge in [-0.2, -0.15) is 0 Å². The van der Waals surface area contributed by atoms with Crippen LogP contribution in [0.2, 0.25) is 0 Å². The second kappa shape index (κ2) is 5.74. The van der Waals surface area contributed by atoms with Crippen LogP contribution >= 0.6 is 0 Å². The van der Waals surface area contributed by atoms with Gasteiger partial charge in [0.15, 0.2) is 5.82 Å². The number of methoxy groups -OCH3 is 1. The van der Waals surface area contributed by atoms with E-state index in [4.69, 9.17) is 11.2 Å². The van der Waals surface area contributed by atoms with Crippen LogP contribution in [0.4, 0.5) is 0 Å². The minimum atomic E-state index is -0.138. The van der Waals surface area contributed by atoms with Gasteiger partial charge in [-0.05, 0) is 35.7 Å². The standard InChI is InChI=1S/C18H14N2O2/c1-3-17-19-16-10-5-4-9-15(16)18(21)20(17)12-13-7-6-8-14(11-13)22-2/h1,4-11H,12H2,2H3. The summed E-state index contributed by atoms with van der Waals surface area (Å²) in [5.74, 6) is 3.56. The highest BCUT2D eigenvalue weighted by Crippen LogP contribution is 2.14. The van der Waals surface area contributed by atoms with Crippen LogP contribution in [0.3, 0.4) is 0 Å². The van der Waals surface area contributed by atoms with E-state index in [-0.39, 0.29) is 5.56 Å². The normalized spacial score (nSPS) is 10.4. The third kappa shape index (κ3) is 2.45. The van der Waals surface area contributed by atoms with Crippen molar-refractivity contribution >= 4 is 10.9 Å². The molecule has 4 heteroatoms. The summed E-state index contributed by atoms with van der Waals surface area (Å²) in [6.07, 6.45) is 5.52. The first-order valence-corrected chi connectivity index (χ1v) is 6.82. The highest BCUT2D eigenvalue weighted by atomic mass is 16.5. The lowest BCUT2D eigenvalue weighted by molar-refractivity contribution is 0.414. The summed E-state index contributed by atoms with van der Waals surface area (Å²) in [4.78, 5) is 17.1. The van der Waals surface area contributed by atoms with Gasteiger partial charge in [-0.25, -0.2) is 4.98 Å². The number of aromatic nitrogens is 2. The summed E-state index contributed by atoms with van der Waals surface area (Å²) < 4.78 is 6.72. The molecule has 0 unspecified atom stereocenters. The Bertz CT molecular complexity index is 936. The largest absolute Gasteiger partial charge is 0.497 e. The van der Waals surface area contributed by atoms with E-state index < -0.39 is 0 Å². The van der Waals surface area contributed by atoms with Gasteiger partial charge in [-0.1, -0.05) is 24.3 Å². The van der Waals surface area contributed by atoms with E-state index in [1.807, 2.05) is 36.4 Å². The molecule has 0 radical (unpaired) electrons. The molecule has 108 valence electrons. The van der Waals surface area contributed by atoms with E-state index >= 15 is 0 Å². The molecule has 0 saturated heterocycles. The highest BCUT2D eigenvalue weighted by Gasteiger charge is 2.10. The van der Waals surface area contributed by atoms with E-state index in [2.05, 4.69) is 10.9 Å². The summed E-state index contributed by atoms with van der Waals surface area (Å²) in [5.41, 5.74) is 1.40. The number of rotatable bonds is 3. The fraction of sp³-hybridized carbons (Fsp3) is 0.111. The van der Waals surface area contributed by atoms with Gasteiger partial charge in [0.25, 0.3) is 5.56 Å². The monoisotopic (exact) mass is 290 g/mol. The van der Waals surface area contributed by atoms with Gasteiger partial charge in [-0.3, -0.25) is 9.36 Å². The van der Waals surface area contributed by atoms with Crippen LogP contribution < -0.4 is 10.3 Å². The number of hydrogen-bond acceptors (Lipinski definition) is 3. The number of hydrogen-bond donors (Lipinski definition) is 0. The smallest absolute Gasteiger partial charge is 0.262 e. The molecule has 1 heterocycles. The van der Waals surface area contributed by atoms with Crippen molar-refractivity contribution in [3.05, 3.63) is 70.3 Å². The van der Waals surface area contributed by atoms with Crippen LogP contribution in [-0.4, -0.2) is 16.7 Å². The van der Waals surface area contributed by atoms with Crippen LogP contribution in [0.25, 0.3) is 10.9 Å². The molecule has 0 aliphatic rings. The van der Waals surface area contributed by atoms with Crippen LogP contribution in [0.1, 0.15) is 11.4 Å². The van der Waals surface area contributed by atoms with Crippen LogP contribution in [-0.2, 0) is 6.54 Å². The zero-order valence-corrected chi connectivity index (χ0v) is 12.1. The Labute approximate surface area is 128 Å². The van der Waals surface area contributed by atoms with Crippen molar-refractivity contribution < 1.29 is 4.74 Å². The predicted molar refractivity (Wildman–Crippen MR) is 86.0 cm³/mol. The summed E-state index contributed by atoms with van der Waals surface area (Å²) in [6, 6.07) is 14.7. The van der Waals surface area contributed by atoms with E-state index in [1.54, 1.807) is 19.2 Å². The van der Waals surface area contributed by atoms with Gasteiger partial charge in [0.05, 0.1) is 24.6 Å². The lowest BCUT2D eigenvalue weighted by atomic mass is 10.2. The van der Waals surface area contributed by atoms with Crippen LogP contribution in [0.5, 0.6) is 5.75 Å². The van der Waals surface area contributed by atoms with Crippen molar-refractivity contribution in [1.29, 1.82) is 0 Å². The minimum Gasteiger partial charge on any atom is -0.497 e. The van der Waals surface area contributed by atoms with E-state index in [1.165, 1.54) is 4.57 Å². The van der Waals surface area contributed by atoms with Gasteiger partial charge in [0.2, 0.25) is 0 Å². The van der Waals surface area contributed by atoms with E-state index in [0.29, 0.717) is 23.3 Å². The maximum Gasteiger partial charge on any atom is 0.262 e. The Morgan fingerprint density at radius 3 is 2.82 bits per heavy atom. The quantitative estimate of drug-likeness (QED) is 0.696. The molecule has 3 aromatic rings. The third-order valence-electron chi connectivity index (χ3n) is 3.47. The lowest BCUT2D eigenvalue weighted by Crippen LogP contribution is -2.24. The first kappa shape index (κ1) is 13.9.